The molecule has 0 bridgehead atoms. The van der Waals surface area contributed by atoms with Crippen LogP contribution in [0.4, 0.5) is 0 Å². The van der Waals surface area contributed by atoms with Crippen molar-refractivity contribution >= 4 is 41.6 Å². The van der Waals surface area contributed by atoms with E-state index in [0.717, 1.165) is 22.7 Å². The molecule has 0 unspecified atom stereocenters. The Hall–Kier alpha value is -1.15. The summed E-state index contributed by atoms with van der Waals surface area (Å²) in [6.45, 7) is 1.89. The first-order chi connectivity index (χ1) is 11.5. The molecule has 3 nitrogen and oxygen atoms in total. The van der Waals surface area contributed by atoms with Crippen LogP contribution in [0, 0.1) is 0 Å². The molecule has 0 saturated carbocycles. The van der Waals surface area contributed by atoms with Gasteiger partial charge >= 0.3 is 41.5 Å². The number of oxime groups is 1. The molecule has 2 aromatic rings. The molecule has 0 atom stereocenters. The summed E-state index contributed by atoms with van der Waals surface area (Å²) < 4.78 is 0. The van der Waals surface area contributed by atoms with Gasteiger partial charge in [0.2, 0.25) is 0 Å². The Bertz CT molecular complexity index is 647. The summed E-state index contributed by atoms with van der Waals surface area (Å²) in [5, 5.41) is 8.37. The number of hydrogen-bond acceptors (Lipinski definition) is 2. The summed E-state index contributed by atoms with van der Waals surface area (Å²) in [4.78, 5) is 5.35. The molecule has 2 rings (SSSR count). The summed E-state index contributed by atoms with van der Waals surface area (Å²) in [7, 11) is 16.6. The van der Waals surface area contributed by atoms with Gasteiger partial charge in [-0.05, 0) is 24.6 Å². The van der Waals surface area contributed by atoms with Crippen molar-refractivity contribution in [3.05, 3.63) is 77.6 Å². The van der Waals surface area contributed by atoms with E-state index in [2.05, 4.69) is 10.5 Å². The maximum atomic E-state index is 5.35. The molecule has 128 valence electrons. The summed E-state index contributed by atoms with van der Waals surface area (Å²) in [5.74, 6) is 0.718. The van der Waals surface area contributed by atoms with E-state index in [1.165, 1.54) is 0 Å². The number of hydrogen-bond donors (Lipinski definition) is 0. The molecule has 0 fully saturated rings. The van der Waals surface area contributed by atoms with Crippen molar-refractivity contribution in [2.45, 2.75) is 6.92 Å². The molecule has 24 heavy (non-hydrogen) atoms. The second kappa shape index (κ2) is 12.2. The van der Waals surface area contributed by atoms with Crippen LogP contribution in [0.15, 0.2) is 71.9 Å². The van der Waals surface area contributed by atoms with Crippen LogP contribution < -0.4 is 4.84 Å². The Labute approximate surface area is 159 Å². The quantitative estimate of drug-likeness (QED) is 0.396. The monoisotopic (exact) mass is 422 g/mol. The summed E-state index contributed by atoms with van der Waals surface area (Å²) in [6, 6.07) is 19.5. The zero-order valence-corrected chi connectivity index (χ0v) is 16.7. The van der Waals surface area contributed by atoms with Gasteiger partial charge in [-0.25, -0.2) is 0 Å². The molecule has 0 aliphatic rings. The van der Waals surface area contributed by atoms with Gasteiger partial charge in [0.05, 0.1) is 5.71 Å². The normalized spacial score (nSPS) is 11.6. The van der Waals surface area contributed by atoms with Crippen LogP contribution in [0.5, 0.6) is 5.75 Å². The number of halogens is 3. The van der Waals surface area contributed by atoms with Crippen LogP contribution in [0.2, 0.25) is 0 Å². The summed E-state index contributed by atoms with van der Waals surface area (Å²) >= 11 is -1.62. The Balaban J connectivity index is 0.000000648. The van der Waals surface area contributed by atoms with Gasteiger partial charge in [0, 0.05) is 0 Å². The molecule has 0 N–H and O–H groups in total. The first kappa shape index (κ1) is 20.9. The molecule has 0 aromatic heterocycles. The standard InChI is InChI=1S/C17H17N2O.3ClH.Cr/c1-14(19-20-16-11-7-4-8-12-16)13-17(18-2)15-9-5-3-6-10-15;;;;/h3-13H,1-2H3;3*1H;/q-1;;;;+4/p-3/b17-13?,19-14+;;;;. The van der Waals surface area contributed by atoms with Crippen molar-refractivity contribution in [3.8, 4) is 5.75 Å². The van der Waals surface area contributed by atoms with Crippen molar-refractivity contribution in [1.29, 1.82) is 0 Å². The molecule has 0 aliphatic heterocycles. The number of para-hydroxylation sites is 1. The molecule has 2 aromatic carbocycles. The molecular weight excluding hydrogens is 407 g/mol. The fourth-order valence-corrected chi connectivity index (χ4v) is 1.72. The van der Waals surface area contributed by atoms with Gasteiger partial charge in [-0.3, -0.25) is 0 Å². The van der Waals surface area contributed by atoms with Gasteiger partial charge in [-0.15, -0.1) is 12.7 Å². The predicted octanol–water partition coefficient (Wildman–Crippen LogP) is 6.55. The molecule has 0 radical (unpaired) electrons. The Kier molecular flexibility index (Phi) is 10.7. The van der Waals surface area contributed by atoms with E-state index in [1.807, 2.05) is 73.7 Å². The van der Waals surface area contributed by atoms with Crippen LogP contribution in [-0.4, -0.2) is 12.8 Å². The number of allylic oxidation sites excluding steroid dienone is 1. The topological polar surface area (TPSA) is 35.7 Å². The first-order valence-corrected chi connectivity index (χ1v) is 12.2. The minimum atomic E-state index is -1.62. The van der Waals surface area contributed by atoms with Gasteiger partial charge in [0.15, 0.2) is 5.75 Å². The zero-order chi connectivity index (χ0) is 17.8. The van der Waals surface area contributed by atoms with Crippen LogP contribution >= 0.6 is 30.1 Å². The fraction of sp³-hybridized carbons (Fsp3) is 0.118. The molecule has 0 saturated heterocycles. The second-order valence-corrected chi connectivity index (χ2v) is 10.7. The van der Waals surface area contributed by atoms with Crippen molar-refractivity contribution in [2.24, 2.45) is 5.16 Å². The van der Waals surface area contributed by atoms with Crippen molar-refractivity contribution in [2.75, 3.05) is 7.05 Å². The average molecular weight is 424 g/mol. The van der Waals surface area contributed by atoms with Crippen LogP contribution in [-0.2, 0) is 11.4 Å². The van der Waals surface area contributed by atoms with Crippen molar-refractivity contribution in [1.82, 2.24) is 0 Å². The molecule has 7 heteroatoms. The van der Waals surface area contributed by atoms with E-state index < -0.39 is 11.4 Å². The van der Waals surface area contributed by atoms with E-state index in [4.69, 9.17) is 35.0 Å². The number of rotatable bonds is 5. The van der Waals surface area contributed by atoms with E-state index in [9.17, 15) is 0 Å². The van der Waals surface area contributed by atoms with Crippen LogP contribution in [0.25, 0.3) is 11.0 Å². The maximum absolute atomic E-state index is 5.35. The second-order valence-electron chi connectivity index (χ2n) is 4.43. The predicted molar refractivity (Wildman–Crippen MR) is 101 cm³/mol. The van der Waals surface area contributed by atoms with Gasteiger partial charge in [0.25, 0.3) is 0 Å². The van der Waals surface area contributed by atoms with Gasteiger partial charge in [-0.1, -0.05) is 59.8 Å². The molecule has 0 aliphatic carbocycles. The van der Waals surface area contributed by atoms with Gasteiger partial charge < -0.3 is 10.2 Å². The number of benzene rings is 2. The third kappa shape index (κ3) is 9.22. The molecule has 0 amide bonds. The first-order valence-electron chi connectivity index (χ1n) is 6.89. The molecule has 0 spiro atoms. The summed E-state index contributed by atoms with van der Waals surface area (Å²) in [5.41, 5.74) is 2.70. The summed E-state index contributed by atoms with van der Waals surface area (Å²) in [6.07, 6.45) is 1.90. The van der Waals surface area contributed by atoms with Crippen LogP contribution in [0.1, 0.15) is 12.5 Å². The molecule has 0 heterocycles. The van der Waals surface area contributed by atoms with Gasteiger partial charge in [0.1, 0.15) is 0 Å². The van der Waals surface area contributed by atoms with E-state index in [-0.39, 0.29) is 0 Å². The molecular formula is C17H17Cl3CrN2O. The third-order valence-corrected chi connectivity index (χ3v) is 2.69. The zero-order valence-electron chi connectivity index (χ0n) is 13.2. The Morgan fingerprint density at radius 3 is 2.00 bits per heavy atom. The SMILES string of the molecule is C[N-]C(=C/C(C)=N/Oc1ccccc1)c1ccccc1.[Cl][Cr+]([Cl])[Cl]. The third-order valence-electron chi connectivity index (χ3n) is 2.69. The fourth-order valence-electron chi connectivity index (χ4n) is 1.72. The average Bonchev–Trinajstić information content (AvgIpc) is 2.59. The number of nitrogens with zero attached hydrogens (tertiary/aromatic N) is 2. The Morgan fingerprint density at radius 1 is 1.00 bits per heavy atom. The van der Waals surface area contributed by atoms with E-state index in [0.29, 0.717) is 0 Å². The van der Waals surface area contributed by atoms with Gasteiger partial charge in [-0.2, -0.15) is 0 Å². The van der Waals surface area contributed by atoms with Crippen LogP contribution in [0.3, 0.4) is 0 Å². The van der Waals surface area contributed by atoms with E-state index in [1.54, 1.807) is 7.05 Å². The van der Waals surface area contributed by atoms with E-state index >= 15 is 0 Å². The van der Waals surface area contributed by atoms with Crippen molar-refractivity contribution in [3.63, 3.8) is 0 Å². The Morgan fingerprint density at radius 2 is 1.50 bits per heavy atom. The minimum absolute atomic E-state index is 0.718. The van der Waals surface area contributed by atoms with Crippen molar-refractivity contribution < 1.29 is 16.2 Å².